The van der Waals surface area contributed by atoms with E-state index in [9.17, 15) is 0 Å². The maximum atomic E-state index is 6.55. The Hall–Kier alpha value is -5.42. The molecule has 0 spiro atoms. The summed E-state index contributed by atoms with van der Waals surface area (Å²) in [5, 5.41) is 5.84. The minimum absolute atomic E-state index is 0.0923. The van der Waals surface area contributed by atoms with Crippen LogP contribution in [0.25, 0.3) is 43.7 Å². The van der Waals surface area contributed by atoms with E-state index in [1.54, 1.807) is 0 Å². The van der Waals surface area contributed by atoms with Crippen LogP contribution in [0.2, 0.25) is 10.0 Å². The molecule has 2 unspecified atom stereocenters. The quantitative estimate of drug-likeness (QED) is 0.188. The van der Waals surface area contributed by atoms with Crippen molar-refractivity contribution in [2.45, 2.75) is 12.0 Å². The predicted molar refractivity (Wildman–Crippen MR) is 196 cm³/mol. The number of nitrogens with zero attached hydrogens (tertiary/aromatic N) is 2. The van der Waals surface area contributed by atoms with Crippen LogP contribution in [0.15, 0.2) is 139 Å². The van der Waals surface area contributed by atoms with Gasteiger partial charge in [0.2, 0.25) is 0 Å². The molecule has 0 fully saturated rings. The second-order valence-electron chi connectivity index (χ2n) is 12.7. The van der Waals surface area contributed by atoms with E-state index in [2.05, 4.69) is 94.2 Å². The fourth-order valence-corrected chi connectivity index (χ4v) is 8.72. The average molecular weight is 660 g/mol. The van der Waals surface area contributed by atoms with Crippen LogP contribution in [0, 0.1) is 0 Å². The van der Waals surface area contributed by atoms with E-state index in [4.69, 9.17) is 32.7 Å². The summed E-state index contributed by atoms with van der Waals surface area (Å²) in [6.45, 7) is 0. The Morgan fingerprint density at radius 1 is 0.583 bits per heavy atom. The highest BCUT2D eigenvalue weighted by molar-refractivity contribution is 6.32. The van der Waals surface area contributed by atoms with Crippen molar-refractivity contribution in [2.24, 2.45) is 0 Å². The lowest BCUT2D eigenvalue weighted by Gasteiger charge is -2.26. The molecule has 1 aliphatic carbocycles. The summed E-state index contributed by atoms with van der Waals surface area (Å²) in [4.78, 5) is 2.52. The van der Waals surface area contributed by atoms with Crippen molar-refractivity contribution in [3.8, 4) is 17.2 Å². The van der Waals surface area contributed by atoms with Gasteiger partial charge in [0.1, 0.15) is 23.0 Å². The van der Waals surface area contributed by atoms with Crippen LogP contribution < -0.4 is 14.4 Å². The van der Waals surface area contributed by atoms with Gasteiger partial charge in [0.25, 0.3) is 0 Å². The lowest BCUT2D eigenvalue weighted by molar-refractivity contribution is 0.440. The molecule has 3 aliphatic rings. The molecule has 2 atom stereocenters. The third kappa shape index (κ3) is 3.41. The number of para-hydroxylation sites is 4. The zero-order valence-corrected chi connectivity index (χ0v) is 26.8. The van der Waals surface area contributed by atoms with Crippen LogP contribution in [-0.2, 0) is 0 Å². The second-order valence-corrected chi connectivity index (χ2v) is 13.5. The van der Waals surface area contributed by atoms with Gasteiger partial charge in [-0.05, 0) is 72.3 Å². The SMILES string of the molecule is Clc1ccccc1OC1=C2c3ccccc3N3c4cc5c6ccc(Oc7ccccc7Cl)c7c8ccccc8n(c5cc4C(C=C1)C23)c67. The van der Waals surface area contributed by atoms with E-state index < -0.39 is 0 Å². The van der Waals surface area contributed by atoms with Gasteiger partial charge in [-0.25, -0.2) is 0 Å². The van der Waals surface area contributed by atoms with Crippen molar-refractivity contribution >= 4 is 78.2 Å². The highest BCUT2D eigenvalue weighted by Gasteiger charge is 2.49. The highest BCUT2D eigenvalue weighted by atomic mass is 35.5. The molecular weight excluding hydrogens is 635 g/mol. The number of aromatic nitrogens is 1. The molecule has 0 N–H and O–H groups in total. The molecule has 11 rings (SSSR count). The summed E-state index contributed by atoms with van der Waals surface area (Å²) in [7, 11) is 0. The van der Waals surface area contributed by atoms with Gasteiger partial charge in [-0.1, -0.05) is 89.9 Å². The molecule has 4 nitrogen and oxygen atoms in total. The number of allylic oxidation sites excluding steroid dienone is 1. The monoisotopic (exact) mass is 658 g/mol. The lowest BCUT2D eigenvalue weighted by atomic mass is 9.84. The zero-order chi connectivity index (χ0) is 31.7. The Labute approximate surface area is 285 Å². The van der Waals surface area contributed by atoms with Gasteiger partial charge >= 0.3 is 0 Å². The maximum absolute atomic E-state index is 6.55. The number of fused-ring (bicyclic) bond motifs is 12. The Balaban J connectivity index is 1.15. The van der Waals surface area contributed by atoms with Crippen molar-refractivity contribution < 1.29 is 9.47 Å². The Bertz CT molecular complexity index is 2740. The van der Waals surface area contributed by atoms with E-state index in [0.717, 1.165) is 33.3 Å². The zero-order valence-electron chi connectivity index (χ0n) is 25.3. The van der Waals surface area contributed by atoms with Gasteiger partial charge in [0.15, 0.2) is 0 Å². The van der Waals surface area contributed by atoms with E-state index in [0.29, 0.717) is 21.5 Å². The van der Waals surface area contributed by atoms with Gasteiger partial charge < -0.3 is 18.8 Å². The number of benzene rings is 6. The van der Waals surface area contributed by atoms with Crippen molar-refractivity contribution in [1.82, 2.24) is 4.40 Å². The molecule has 48 heavy (non-hydrogen) atoms. The first-order valence-electron chi connectivity index (χ1n) is 16.1. The molecular formula is C42H24Cl2N2O2. The predicted octanol–water partition coefficient (Wildman–Crippen LogP) is 11.9. The van der Waals surface area contributed by atoms with Gasteiger partial charge in [0, 0.05) is 44.6 Å². The standard InChI is InChI=1S/C42H24Cl2N2O2/c43-29-11-3-7-15-35(29)47-37-19-17-23-27-22-34-28(21-33(27)45-31-13-5-1-9-25(31)39(37)41(23)45)24-18-20-38(48-36-16-8-4-12-30(36)44)40-26-10-2-6-14-32(26)46(34)42(24)40/h1-23,41H. The first-order valence-corrected chi connectivity index (χ1v) is 16.8. The first kappa shape index (κ1) is 26.6. The summed E-state index contributed by atoms with van der Waals surface area (Å²) in [5.74, 6) is 3.10. The van der Waals surface area contributed by atoms with Crippen LogP contribution in [0.1, 0.15) is 17.0 Å². The molecule has 0 saturated heterocycles. The molecule has 228 valence electrons. The third-order valence-electron chi connectivity index (χ3n) is 10.3. The average Bonchev–Trinajstić information content (AvgIpc) is 3.83. The number of anilines is 2. The fraction of sp³-hybridized carbons (Fsp3) is 0.0476. The fourth-order valence-electron chi connectivity index (χ4n) is 8.38. The lowest BCUT2D eigenvalue weighted by Crippen LogP contribution is -2.27. The molecule has 6 aromatic carbocycles. The van der Waals surface area contributed by atoms with Gasteiger partial charge in [-0.3, -0.25) is 0 Å². The van der Waals surface area contributed by atoms with Crippen molar-refractivity contribution in [1.29, 1.82) is 0 Å². The molecule has 2 aliphatic heterocycles. The Morgan fingerprint density at radius 3 is 2.15 bits per heavy atom. The van der Waals surface area contributed by atoms with Crippen LogP contribution in [0.3, 0.4) is 0 Å². The largest absolute Gasteiger partial charge is 0.455 e. The van der Waals surface area contributed by atoms with Gasteiger partial charge in [-0.15, -0.1) is 0 Å². The summed E-state index contributed by atoms with van der Waals surface area (Å²) < 4.78 is 15.5. The highest BCUT2D eigenvalue weighted by Crippen LogP contribution is 2.60. The van der Waals surface area contributed by atoms with Crippen LogP contribution >= 0.6 is 23.2 Å². The van der Waals surface area contributed by atoms with Gasteiger partial charge in [-0.2, -0.15) is 0 Å². The Morgan fingerprint density at radius 2 is 1.31 bits per heavy atom. The smallest absolute Gasteiger partial charge is 0.146 e. The summed E-state index contributed by atoms with van der Waals surface area (Å²) in [5.41, 5.74) is 9.64. The van der Waals surface area contributed by atoms with Crippen molar-refractivity contribution in [2.75, 3.05) is 4.90 Å². The third-order valence-corrected chi connectivity index (χ3v) is 10.9. The molecule has 0 amide bonds. The summed E-state index contributed by atoms with van der Waals surface area (Å²) >= 11 is 13.1. The van der Waals surface area contributed by atoms with Crippen LogP contribution in [-0.4, -0.2) is 10.4 Å². The molecule has 6 heteroatoms. The first-order chi connectivity index (χ1) is 23.7. The van der Waals surface area contributed by atoms with E-state index >= 15 is 0 Å². The normalized spacial score (nSPS) is 17.6. The van der Waals surface area contributed by atoms with Crippen LogP contribution in [0.5, 0.6) is 17.2 Å². The van der Waals surface area contributed by atoms with E-state index in [-0.39, 0.29) is 12.0 Å². The molecule has 2 aromatic heterocycles. The molecule has 0 bridgehead atoms. The summed E-state index contributed by atoms with van der Waals surface area (Å²) in [6, 6.07) is 41.8. The number of ether oxygens (including phenoxy) is 2. The minimum atomic E-state index is 0.0923. The molecule has 8 aromatic rings. The molecule has 0 radical (unpaired) electrons. The van der Waals surface area contributed by atoms with Crippen molar-refractivity contribution in [3.05, 3.63) is 160 Å². The van der Waals surface area contributed by atoms with E-state index in [1.807, 2.05) is 48.5 Å². The number of rotatable bonds is 4. The Kier molecular flexibility index (Phi) is 5.31. The second kappa shape index (κ2) is 9.57. The topological polar surface area (TPSA) is 26.1 Å². The number of halogens is 2. The molecule has 0 saturated carbocycles. The van der Waals surface area contributed by atoms with Crippen LogP contribution in [0.4, 0.5) is 11.4 Å². The minimum Gasteiger partial charge on any atom is -0.455 e. The summed E-state index contributed by atoms with van der Waals surface area (Å²) in [6.07, 6.45) is 4.44. The van der Waals surface area contributed by atoms with Crippen molar-refractivity contribution in [3.63, 3.8) is 0 Å². The van der Waals surface area contributed by atoms with E-state index in [1.165, 1.54) is 44.4 Å². The van der Waals surface area contributed by atoms with Gasteiger partial charge in [0.05, 0.1) is 38.0 Å². The molecule has 4 heterocycles. The maximum Gasteiger partial charge on any atom is 0.146 e. The number of hydrogen-bond donors (Lipinski definition) is 0. The number of hydrogen-bond acceptors (Lipinski definition) is 3.